The zero-order chi connectivity index (χ0) is 13.7. The third-order valence-electron chi connectivity index (χ3n) is 2.56. The molecule has 100 valence electrons. The van der Waals surface area contributed by atoms with E-state index in [1.807, 2.05) is 19.1 Å². The van der Waals surface area contributed by atoms with Gasteiger partial charge in [0, 0.05) is 23.7 Å². The average Bonchev–Trinajstić information content (AvgIpc) is 2.78. The van der Waals surface area contributed by atoms with E-state index in [0.717, 1.165) is 11.5 Å². The van der Waals surface area contributed by atoms with Crippen LogP contribution in [0.4, 0.5) is 10.5 Å². The Labute approximate surface area is 116 Å². The summed E-state index contributed by atoms with van der Waals surface area (Å²) in [5.41, 5.74) is 0.704. The van der Waals surface area contributed by atoms with E-state index >= 15 is 0 Å². The molecule has 2 N–H and O–H groups in total. The van der Waals surface area contributed by atoms with Crippen molar-refractivity contribution in [1.29, 1.82) is 0 Å². The summed E-state index contributed by atoms with van der Waals surface area (Å²) >= 11 is 5.76. The van der Waals surface area contributed by atoms with Crippen LogP contribution in [0, 0.1) is 6.92 Å². The number of aryl methyl sites for hydroxylation is 1. The molecule has 5 heteroatoms. The number of urea groups is 1. The van der Waals surface area contributed by atoms with Gasteiger partial charge in [-0.2, -0.15) is 0 Å². The first-order chi connectivity index (χ1) is 9.13. The number of carbonyl (C=O) groups excluding carboxylic acids is 1. The predicted octanol–water partition coefficient (Wildman–Crippen LogP) is 3.61. The molecule has 0 spiro atoms. The summed E-state index contributed by atoms with van der Waals surface area (Å²) in [7, 11) is 0. The molecule has 0 saturated heterocycles. The van der Waals surface area contributed by atoms with Crippen LogP contribution in [0.3, 0.4) is 0 Å². The van der Waals surface area contributed by atoms with Gasteiger partial charge < -0.3 is 15.1 Å². The summed E-state index contributed by atoms with van der Waals surface area (Å²) in [5, 5.41) is 6.12. The van der Waals surface area contributed by atoms with Crippen molar-refractivity contribution in [3.05, 3.63) is 52.9 Å². The maximum atomic E-state index is 11.6. The normalized spacial score (nSPS) is 10.2. The molecular formula is C14H15ClN2O2. The van der Waals surface area contributed by atoms with Crippen LogP contribution in [-0.4, -0.2) is 12.6 Å². The molecule has 1 heterocycles. The minimum Gasteiger partial charge on any atom is -0.466 e. The van der Waals surface area contributed by atoms with Crippen LogP contribution < -0.4 is 10.6 Å². The lowest BCUT2D eigenvalue weighted by Crippen LogP contribution is -2.30. The number of anilines is 1. The van der Waals surface area contributed by atoms with Gasteiger partial charge in [-0.1, -0.05) is 11.6 Å². The van der Waals surface area contributed by atoms with Crippen LogP contribution in [0.5, 0.6) is 0 Å². The van der Waals surface area contributed by atoms with Gasteiger partial charge in [-0.25, -0.2) is 4.79 Å². The van der Waals surface area contributed by atoms with Crippen LogP contribution in [0.1, 0.15) is 11.5 Å². The molecule has 1 aromatic heterocycles. The molecule has 0 aliphatic rings. The molecule has 4 nitrogen and oxygen atoms in total. The Morgan fingerprint density at radius 2 is 1.95 bits per heavy atom. The Hall–Kier alpha value is -1.94. The van der Waals surface area contributed by atoms with Crippen molar-refractivity contribution in [2.45, 2.75) is 13.3 Å². The number of nitrogens with one attached hydrogen (secondary N) is 2. The van der Waals surface area contributed by atoms with Crippen LogP contribution in [0.25, 0.3) is 0 Å². The van der Waals surface area contributed by atoms with Crippen molar-refractivity contribution >= 4 is 23.3 Å². The monoisotopic (exact) mass is 278 g/mol. The second-order valence-corrected chi connectivity index (χ2v) is 4.59. The van der Waals surface area contributed by atoms with Crippen LogP contribution >= 0.6 is 11.6 Å². The first kappa shape index (κ1) is 13.5. The van der Waals surface area contributed by atoms with Gasteiger partial charge >= 0.3 is 6.03 Å². The number of amides is 2. The molecule has 0 saturated carbocycles. The van der Waals surface area contributed by atoms with Gasteiger partial charge in [-0.15, -0.1) is 0 Å². The van der Waals surface area contributed by atoms with E-state index in [9.17, 15) is 4.79 Å². The molecule has 2 rings (SSSR count). The Morgan fingerprint density at radius 1 is 1.21 bits per heavy atom. The first-order valence-corrected chi connectivity index (χ1v) is 6.37. The zero-order valence-corrected chi connectivity index (χ0v) is 11.3. The number of carbonyl (C=O) groups is 1. The van der Waals surface area contributed by atoms with Gasteiger partial charge in [0.15, 0.2) is 0 Å². The number of hydrogen-bond acceptors (Lipinski definition) is 2. The van der Waals surface area contributed by atoms with E-state index in [1.54, 1.807) is 24.3 Å². The Kier molecular flexibility index (Phi) is 4.47. The van der Waals surface area contributed by atoms with E-state index < -0.39 is 0 Å². The molecule has 0 bridgehead atoms. The lowest BCUT2D eigenvalue weighted by atomic mass is 10.3. The van der Waals surface area contributed by atoms with Crippen LogP contribution in [0.2, 0.25) is 5.02 Å². The summed E-state index contributed by atoms with van der Waals surface area (Å²) < 4.78 is 5.41. The van der Waals surface area contributed by atoms with E-state index in [-0.39, 0.29) is 6.03 Å². The fourth-order valence-electron chi connectivity index (χ4n) is 1.63. The highest BCUT2D eigenvalue weighted by Crippen LogP contribution is 2.13. The maximum absolute atomic E-state index is 11.6. The first-order valence-electron chi connectivity index (χ1n) is 5.99. The molecule has 0 aliphatic carbocycles. The SMILES string of the molecule is Cc1ccc(CCNC(=O)Nc2ccc(Cl)cc2)o1. The van der Waals surface area contributed by atoms with Crippen molar-refractivity contribution < 1.29 is 9.21 Å². The summed E-state index contributed by atoms with van der Waals surface area (Å²) in [6, 6.07) is 10.5. The smallest absolute Gasteiger partial charge is 0.319 e. The standard InChI is InChI=1S/C14H15ClN2O2/c1-10-2-7-13(19-10)8-9-16-14(18)17-12-5-3-11(15)4-6-12/h2-7H,8-9H2,1H3,(H2,16,17,18). The highest BCUT2D eigenvalue weighted by molar-refractivity contribution is 6.30. The van der Waals surface area contributed by atoms with Gasteiger partial charge in [0.2, 0.25) is 0 Å². The highest BCUT2D eigenvalue weighted by atomic mass is 35.5. The predicted molar refractivity (Wildman–Crippen MR) is 75.6 cm³/mol. The number of rotatable bonds is 4. The molecule has 1 aromatic carbocycles. The second-order valence-electron chi connectivity index (χ2n) is 4.15. The van der Waals surface area contributed by atoms with Crippen molar-refractivity contribution in [2.24, 2.45) is 0 Å². The van der Waals surface area contributed by atoms with Crippen molar-refractivity contribution in [3.63, 3.8) is 0 Å². The van der Waals surface area contributed by atoms with E-state index in [2.05, 4.69) is 10.6 Å². The third-order valence-corrected chi connectivity index (χ3v) is 2.81. The lowest BCUT2D eigenvalue weighted by molar-refractivity contribution is 0.252. The number of furan rings is 1. The fourth-order valence-corrected chi connectivity index (χ4v) is 1.75. The Bertz CT molecular complexity index is 549. The number of halogens is 1. The molecule has 0 atom stereocenters. The van der Waals surface area contributed by atoms with Gasteiger partial charge in [0.25, 0.3) is 0 Å². The van der Waals surface area contributed by atoms with Gasteiger partial charge in [-0.3, -0.25) is 0 Å². The molecule has 0 radical (unpaired) electrons. The summed E-state index contributed by atoms with van der Waals surface area (Å²) in [6.07, 6.45) is 0.669. The topological polar surface area (TPSA) is 54.3 Å². The van der Waals surface area contributed by atoms with E-state index in [4.69, 9.17) is 16.0 Å². The second kappa shape index (κ2) is 6.29. The van der Waals surface area contributed by atoms with Gasteiger partial charge in [0.1, 0.15) is 11.5 Å². The number of benzene rings is 1. The Morgan fingerprint density at radius 3 is 2.58 bits per heavy atom. The number of hydrogen-bond donors (Lipinski definition) is 2. The third kappa shape index (κ3) is 4.34. The summed E-state index contributed by atoms with van der Waals surface area (Å²) in [6.45, 7) is 2.41. The van der Waals surface area contributed by atoms with Crippen molar-refractivity contribution in [2.75, 3.05) is 11.9 Å². The average molecular weight is 279 g/mol. The van der Waals surface area contributed by atoms with E-state index in [0.29, 0.717) is 23.7 Å². The molecule has 2 amide bonds. The van der Waals surface area contributed by atoms with E-state index in [1.165, 1.54) is 0 Å². The van der Waals surface area contributed by atoms with Gasteiger partial charge in [0.05, 0.1) is 0 Å². The quantitative estimate of drug-likeness (QED) is 0.898. The largest absolute Gasteiger partial charge is 0.466 e. The molecule has 0 aliphatic heterocycles. The summed E-state index contributed by atoms with van der Waals surface area (Å²) in [4.78, 5) is 11.6. The highest BCUT2D eigenvalue weighted by Gasteiger charge is 2.02. The lowest BCUT2D eigenvalue weighted by Gasteiger charge is -2.06. The fraction of sp³-hybridized carbons (Fsp3) is 0.214. The Balaban J connectivity index is 1.74. The minimum atomic E-state index is -0.245. The summed E-state index contributed by atoms with van der Waals surface area (Å²) in [5.74, 6) is 1.74. The van der Waals surface area contributed by atoms with Gasteiger partial charge in [-0.05, 0) is 43.3 Å². The molecular weight excluding hydrogens is 264 g/mol. The van der Waals surface area contributed by atoms with Crippen LogP contribution in [0.15, 0.2) is 40.8 Å². The molecule has 0 unspecified atom stereocenters. The maximum Gasteiger partial charge on any atom is 0.319 e. The van der Waals surface area contributed by atoms with Crippen molar-refractivity contribution in [3.8, 4) is 0 Å². The molecule has 2 aromatic rings. The van der Waals surface area contributed by atoms with Crippen molar-refractivity contribution in [1.82, 2.24) is 5.32 Å². The minimum absolute atomic E-state index is 0.245. The van der Waals surface area contributed by atoms with Crippen LogP contribution in [-0.2, 0) is 6.42 Å². The zero-order valence-electron chi connectivity index (χ0n) is 10.6. The molecule has 0 fully saturated rings. The molecule has 19 heavy (non-hydrogen) atoms.